The van der Waals surface area contributed by atoms with E-state index in [1.807, 2.05) is 0 Å². The summed E-state index contributed by atoms with van der Waals surface area (Å²) >= 11 is 0. The number of ether oxygens (including phenoxy) is 2. The Morgan fingerprint density at radius 1 is 0.958 bits per heavy atom. The van der Waals surface area contributed by atoms with Crippen LogP contribution in [0.5, 0.6) is 0 Å². The van der Waals surface area contributed by atoms with Crippen LogP contribution in [0.4, 0.5) is 0 Å². The van der Waals surface area contributed by atoms with Gasteiger partial charge in [-0.25, -0.2) is 0 Å². The van der Waals surface area contributed by atoms with Gasteiger partial charge in [0.25, 0.3) is 0 Å². The van der Waals surface area contributed by atoms with E-state index in [1.165, 1.54) is 32.1 Å². The van der Waals surface area contributed by atoms with Gasteiger partial charge >= 0.3 is 0 Å². The van der Waals surface area contributed by atoms with Crippen LogP contribution in [-0.4, -0.2) is 69.0 Å². The van der Waals surface area contributed by atoms with E-state index in [4.69, 9.17) is 15.2 Å². The van der Waals surface area contributed by atoms with E-state index in [2.05, 4.69) is 10.2 Å². The first kappa shape index (κ1) is 18.1. The molecule has 0 atom stereocenters. The van der Waals surface area contributed by atoms with Crippen molar-refractivity contribution in [3.63, 3.8) is 0 Å². The SMILES string of the molecule is NC1(C(=O)NCC2(CN3CCOCC3)CCCCC2)CCOCC1. The molecule has 2 aliphatic heterocycles. The van der Waals surface area contributed by atoms with E-state index in [-0.39, 0.29) is 11.3 Å². The smallest absolute Gasteiger partial charge is 0.240 e. The first-order valence-corrected chi connectivity index (χ1v) is 9.57. The Kier molecular flexibility index (Phi) is 6.13. The summed E-state index contributed by atoms with van der Waals surface area (Å²) in [5.74, 6) is 0.0118. The van der Waals surface area contributed by atoms with Gasteiger partial charge in [0.1, 0.15) is 0 Å². The number of hydrogen-bond acceptors (Lipinski definition) is 5. The average molecular weight is 339 g/mol. The summed E-state index contributed by atoms with van der Waals surface area (Å²) in [7, 11) is 0. The van der Waals surface area contributed by atoms with Crippen molar-refractivity contribution < 1.29 is 14.3 Å². The molecule has 0 bridgehead atoms. The molecule has 0 aromatic heterocycles. The monoisotopic (exact) mass is 339 g/mol. The number of carbonyl (C=O) groups is 1. The molecule has 1 amide bonds. The highest BCUT2D eigenvalue weighted by atomic mass is 16.5. The lowest BCUT2D eigenvalue weighted by atomic mass is 9.73. The minimum absolute atomic E-state index is 0.0118. The minimum Gasteiger partial charge on any atom is -0.381 e. The Balaban J connectivity index is 1.58. The number of morpholine rings is 1. The Morgan fingerprint density at radius 3 is 2.25 bits per heavy atom. The Morgan fingerprint density at radius 2 is 1.58 bits per heavy atom. The summed E-state index contributed by atoms with van der Waals surface area (Å²) in [4.78, 5) is 15.2. The molecule has 0 spiro atoms. The highest BCUT2D eigenvalue weighted by Gasteiger charge is 2.39. The molecular formula is C18H33N3O3. The molecule has 6 heteroatoms. The summed E-state index contributed by atoms with van der Waals surface area (Å²) < 4.78 is 10.8. The zero-order valence-corrected chi connectivity index (χ0v) is 14.9. The molecule has 3 rings (SSSR count). The number of nitrogens with two attached hydrogens (primary N) is 1. The van der Waals surface area contributed by atoms with Crippen molar-refractivity contribution in [1.82, 2.24) is 10.2 Å². The summed E-state index contributed by atoms with van der Waals surface area (Å²) in [6, 6.07) is 0. The predicted octanol–water partition coefficient (Wildman–Crippen LogP) is 0.893. The molecule has 3 aliphatic rings. The second kappa shape index (κ2) is 8.13. The van der Waals surface area contributed by atoms with E-state index in [1.54, 1.807) is 0 Å². The molecule has 2 heterocycles. The summed E-state index contributed by atoms with van der Waals surface area (Å²) in [5.41, 5.74) is 5.78. The average Bonchev–Trinajstić information content (AvgIpc) is 2.62. The summed E-state index contributed by atoms with van der Waals surface area (Å²) in [6.45, 7) is 6.66. The van der Waals surface area contributed by atoms with E-state index >= 15 is 0 Å². The third kappa shape index (κ3) is 4.48. The number of amides is 1. The fourth-order valence-electron chi connectivity index (χ4n) is 4.33. The van der Waals surface area contributed by atoms with E-state index in [0.29, 0.717) is 26.1 Å². The highest BCUT2D eigenvalue weighted by Crippen LogP contribution is 2.37. The molecule has 24 heavy (non-hydrogen) atoms. The fourth-order valence-corrected chi connectivity index (χ4v) is 4.33. The van der Waals surface area contributed by atoms with Gasteiger partial charge in [-0.2, -0.15) is 0 Å². The van der Waals surface area contributed by atoms with Crippen LogP contribution >= 0.6 is 0 Å². The van der Waals surface area contributed by atoms with Crippen molar-refractivity contribution in [3.8, 4) is 0 Å². The number of hydrogen-bond donors (Lipinski definition) is 2. The van der Waals surface area contributed by atoms with Crippen molar-refractivity contribution >= 4 is 5.91 Å². The van der Waals surface area contributed by atoms with Gasteiger partial charge in [-0.05, 0) is 25.7 Å². The van der Waals surface area contributed by atoms with Gasteiger partial charge in [0.05, 0.1) is 18.8 Å². The topological polar surface area (TPSA) is 76.8 Å². The molecule has 138 valence electrons. The standard InChI is InChI=1S/C18H33N3O3/c19-18(6-10-23-11-7-18)16(22)20-14-17(4-2-1-3-5-17)15-21-8-12-24-13-9-21/h1-15,19H2,(H,20,22). The molecular weight excluding hydrogens is 306 g/mol. The molecule has 0 aromatic rings. The normalized spacial score (nSPS) is 27.5. The fraction of sp³-hybridized carbons (Fsp3) is 0.944. The maximum Gasteiger partial charge on any atom is 0.240 e. The molecule has 3 N–H and O–H groups in total. The van der Waals surface area contributed by atoms with Gasteiger partial charge in [0.2, 0.25) is 5.91 Å². The Labute approximate surface area is 145 Å². The lowest BCUT2D eigenvalue weighted by molar-refractivity contribution is -0.130. The van der Waals surface area contributed by atoms with Crippen molar-refractivity contribution in [2.24, 2.45) is 11.1 Å². The first-order valence-electron chi connectivity index (χ1n) is 9.57. The maximum atomic E-state index is 12.7. The summed E-state index contributed by atoms with van der Waals surface area (Å²) in [5, 5.41) is 3.22. The van der Waals surface area contributed by atoms with E-state index in [0.717, 1.165) is 39.4 Å². The Bertz CT molecular complexity index is 412. The minimum atomic E-state index is -0.743. The van der Waals surface area contributed by atoms with Crippen molar-refractivity contribution in [1.29, 1.82) is 0 Å². The molecule has 1 saturated carbocycles. The van der Waals surface area contributed by atoms with Crippen molar-refractivity contribution in [3.05, 3.63) is 0 Å². The van der Waals surface area contributed by atoms with E-state index in [9.17, 15) is 4.79 Å². The maximum absolute atomic E-state index is 12.7. The third-order valence-corrected chi connectivity index (χ3v) is 6.04. The van der Waals surface area contributed by atoms with Crippen molar-refractivity contribution in [2.75, 3.05) is 52.6 Å². The summed E-state index contributed by atoms with van der Waals surface area (Å²) in [6.07, 6.45) is 7.49. The first-order chi connectivity index (χ1) is 11.6. The van der Waals surface area contributed by atoms with Crippen LogP contribution in [0.1, 0.15) is 44.9 Å². The van der Waals surface area contributed by atoms with E-state index < -0.39 is 5.54 Å². The molecule has 0 aromatic carbocycles. The molecule has 6 nitrogen and oxygen atoms in total. The third-order valence-electron chi connectivity index (χ3n) is 6.04. The second-order valence-electron chi connectivity index (χ2n) is 7.90. The van der Waals surface area contributed by atoms with Crippen LogP contribution in [0.25, 0.3) is 0 Å². The van der Waals surface area contributed by atoms with Gasteiger partial charge in [-0.1, -0.05) is 19.3 Å². The largest absolute Gasteiger partial charge is 0.381 e. The molecule has 1 aliphatic carbocycles. The molecule has 0 radical (unpaired) electrons. The van der Waals surface area contributed by atoms with Crippen LogP contribution in [-0.2, 0) is 14.3 Å². The molecule has 2 saturated heterocycles. The van der Waals surface area contributed by atoms with Crippen LogP contribution in [0.3, 0.4) is 0 Å². The highest BCUT2D eigenvalue weighted by molar-refractivity contribution is 5.86. The van der Waals surface area contributed by atoms with Crippen molar-refractivity contribution in [2.45, 2.75) is 50.5 Å². The van der Waals surface area contributed by atoms with Crippen LogP contribution < -0.4 is 11.1 Å². The number of nitrogens with zero attached hydrogens (tertiary/aromatic N) is 1. The van der Waals surface area contributed by atoms with Gasteiger partial charge in [0.15, 0.2) is 0 Å². The van der Waals surface area contributed by atoms with Crippen LogP contribution in [0.2, 0.25) is 0 Å². The number of carbonyl (C=O) groups excluding carboxylic acids is 1. The molecule has 3 fully saturated rings. The zero-order valence-electron chi connectivity index (χ0n) is 14.9. The zero-order chi connectivity index (χ0) is 16.9. The van der Waals surface area contributed by atoms with Crippen LogP contribution in [0, 0.1) is 5.41 Å². The lowest BCUT2D eigenvalue weighted by Crippen LogP contribution is -2.59. The quantitative estimate of drug-likeness (QED) is 0.778. The van der Waals surface area contributed by atoms with Gasteiger partial charge in [-0.3, -0.25) is 9.69 Å². The Hall–Kier alpha value is -0.690. The van der Waals surface area contributed by atoms with Gasteiger partial charge in [0, 0.05) is 44.8 Å². The number of nitrogens with one attached hydrogen (secondary N) is 1. The predicted molar refractivity (Wildman–Crippen MR) is 92.8 cm³/mol. The van der Waals surface area contributed by atoms with Gasteiger partial charge in [-0.15, -0.1) is 0 Å². The van der Waals surface area contributed by atoms with Crippen LogP contribution in [0.15, 0.2) is 0 Å². The lowest BCUT2D eigenvalue weighted by Gasteiger charge is -2.43. The second-order valence-corrected chi connectivity index (χ2v) is 7.90. The number of rotatable bonds is 5. The molecule has 0 unspecified atom stereocenters. The van der Waals surface area contributed by atoms with Gasteiger partial charge < -0.3 is 20.5 Å².